The fraction of sp³-hybridized carbons (Fsp3) is 0.364. The molecule has 0 N–H and O–H groups in total. The Morgan fingerprint density at radius 1 is 1.08 bits per heavy atom. The Bertz CT molecular complexity index is 897. The molecule has 0 fully saturated rings. The van der Waals surface area contributed by atoms with Crippen LogP contribution in [0.1, 0.15) is 49.3 Å². The molecule has 0 spiro atoms. The number of hydrogen-bond donors (Lipinski definition) is 0. The highest BCUT2D eigenvalue weighted by molar-refractivity contribution is 7.86. The van der Waals surface area contributed by atoms with Gasteiger partial charge in [-0.2, -0.15) is 8.42 Å². The predicted molar refractivity (Wildman–Crippen MR) is 108 cm³/mol. The summed E-state index contributed by atoms with van der Waals surface area (Å²) in [6, 6.07) is 15.1. The summed E-state index contributed by atoms with van der Waals surface area (Å²) < 4.78 is 27.1. The number of unbranched alkanes of at least 4 members (excludes halogenated alkanes) is 2. The van der Waals surface area contributed by atoms with Crippen LogP contribution in [-0.4, -0.2) is 20.8 Å². The van der Waals surface area contributed by atoms with E-state index in [2.05, 4.69) is 54.6 Å². The minimum Gasteiger partial charge on any atom is -0.267 e. The number of allylic oxidation sites excluding steroid dienone is 1. The van der Waals surface area contributed by atoms with Gasteiger partial charge in [-0.1, -0.05) is 61.0 Å². The van der Waals surface area contributed by atoms with Gasteiger partial charge in [0, 0.05) is 0 Å². The molecule has 2 aromatic carbocycles. The second-order valence-corrected chi connectivity index (χ2v) is 8.61. The first-order valence-corrected chi connectivity index (χ1v) is 11.0. The Labute approximate surface area is 156 Å². The molecule has 0 heterocycles. The van der Waals surface area contributed by atoms with Crippen LogP contribution in [0.4, 0.5) is 0 Å². The highest BCUT2D eigenvalue weighted by Gasteiger charge is 2.19. The van der Waals surface area contributed by atoms with E-state index in [1.165, 1.54) is 27.8 Å². The third-order valence-corrected chi connectivity index (χ3v) is 5.43. The van der Waals surface area contributed by atoms with Crippen molar-refractivity contribution in [3.8, 4) is 11.1 Å². The molecule has 3 rings (SSSR count). The van der Waals surface area contributed by atoms with E-state index in [-0.39, 0.29) is 6.10 Å². The molecule has 4 heteroatoms. The van der Waals surface area contributed by atoms with Crippen LogP contribution in [0.15, 0.2) is 48.5 Å². The highest BCUT2D eigenvalue weighted by Crippen LogP contribution is 2.38. The molecular weight excluding hydrogens is 344 g/mol. The summed E-state index contributed by atoms with van der Waals surface area (Å²) in [6.45, 7) is 1.81. The van der Waals surface area contributed by atoms with Gasteiger partial charge < -0.3 is 0 Å². The summed E-state index contributed by atoms with van der Waals surface area (Å²) in [5.41, 5.74) is 6.84. The molecule has 0 amide bonds. The molecule has 26 heavy (non-hydrogen) atoms. The summed E-state index contributed by atoms with van der Waals surface area (Å²) in [7, 11) is -3.35. The summed E-state index contributed by atoms with van der Waals surface area (Å²) in [4.78, 5) is 0. The van der Waals surface area contributed by atoms with Crippen molar-refractivity contribution >= 4 is 16.2 Å². The molecule has 0 radical (unpaired) electrons. The van der Waals surface area contributed by atoms with Crippen molar-refractivity contribution < 1.29 is 12.6 Å². The maximum Gasteiger partial charge on any atom is 0.264 e. The van der Waals surface area contributed by atoms with E-state index in [1.54, 1.807) is 0 Å². The number of fused-ring (bicyclic) bond motifs is 3. The predicted octanol–water partition coefficient (Wildman–Crippen LogP) is 5.20. The van der Waals surface area contributed by atoms with E-state index >= 15 is 0 Å². The lowest BCUT2D eigenvalue weighted by Gasteiger charge is -2.09. The highest BCUT2D eigenvalue weighted by atomic mass is 32.2. The van der Waals surface area contributed by atoms with Crippen LogP contribution in [0.5, 0.6) is 0 Å². The van der Waals surface area contributed by atoms with Crippen molar-refractivity contribution in [2.75, 3.05) is 6.26 Å². The number of hydrogen-bond acceptors (Lipinski definition) is 3. The lowest BCUT2D eigenvalue weighted by Crippen LogP contribution is -2.13. The molecule has 0 bridgehead atoms. The first-order valence-electron chi connectivity index (χ1n) is 9.19. The van der Waals surface area contributed by atoms with Crippen LogP contribution in [0.25, 0.3) is 17.2 Å². The van der Waals surface area contributed by atoms with Crippen molar-refractivity contribution in [3.63, 3.8) is 0 Å². The molecule has 0 aromatic heterocycles. The second-order valence-electron chi connectivity index (χ2n) is 7.01. The van der Waals surface area contributed by atoms with Crippen LogP contribution in [0.3, 0.4) is 0 Å². The Morgan fingerprint density at radius 2 is 1.85 bits per heavy atom. The smallest absolute Gasteiger partial charge is 0.264 e. The first kappa shape index (κ1) is 18.9. The normalized spacial score (nSPS) is 14.4. The SMILES string of the molecule is CC(CCCCC=Cc1cccc2c1Cc1ccccc1-2)OS(C)(=O)=O. The number of benzene rings is 2. The topological polar surface area (TPSA) is 43.4 Å². The molecular formula is C22H26O3S. The summed E-state index contributed by atoms with van der Waals surface area (Å²) in [5, 5.41) is 0. The average Bonchev–Trinajstić information content (AvgIpc) is 2.96. The van der Waals surface area contributed by atoms with Gasteiger partial charge in [-0.05, 0) is 60.4 Å². The standard InChI is InChI=1S/C22H26O3S/c1-17(25-26(2,23)24)10-5-3-4-6-11-18-13-9-15-21-20-14-8-7-12-19(20)16-22(18)21/h6-9,11-15,17H,3-5,10,16H2,1-2H3. The van der Waals surface area contributed by atoms with Crippen LogP contribution in [0.2, 0.25) is 0 Å². The lowest BCUT2D eigenvalue weighted by molar-refractivity contribution is 0.216. The summed E-state index contributed by atoms with van der Waals surface area (Å²) in [5.74, 6) is 0. The Morgan fingerprint density at radius 3 is 2.65 bits per heavy atom. The van der Waals surface area contributed by atoms with Gasteiger partial charge >= 0.3 is 0 Å². The molecule has 3 nitrogen and oxygen atoms in total. The summed E-state index contributed by atoms with van der Waals surface area (Å²) >= 11 is 0. The van der Waals surface area contributed by atoms with Crippen LogP contribution in [-0.2, 0) is 20.7 Å². The second kappa shape index (κ2) is 8.19. The Kier molecular flexibility index (Phi) is 5.94. The molecule has 1 unspecified atom stereocenters. The number of rotatable bonds is 8. The molecule has 1 aliphatic rings. The van der Waals surface area contributed by atoms with Crippen LogP contribution in [0, 0.1) is 0 Å². The molecule has 2 aromatic rings. The van der Waals surface area contributed by atoms with E-state index in [1.807, 2.05) is 6.92 Å². The fourth-order valence-electron chi connectivity index (χ4n) is 3.59. The van der Waals surface area contributed by atoms with Gasteiger partial charge in [-0.25, -0.2) is 0 Å². The maximum atomic E-state index is 11.1. The van der Waals surface area contributed by atoms with Crippen molar-refractivity contribution in [1.82, 2.24) is 0 Å². The lowest BCUT2D eigenvalue weighted by atomic mass is 10.0. The maximum absolute atomic E-state index is 11.1. The zero-order valence-electron chi connectivity index (χ0n) is 15.4. The third-order valence-electron chi connectivity index (χ3n) is 4.75. The van der Waals surface area contributed by atoms with Gasteiger partial charge in [0.1, 0.15) is 0 Å². The molecule has 0 saturated heterocycles. The van der Waals surface area contributed by atoms with Gasteiger partial charge in [0.2, 0.25) is 0 Å². The van der Waals surface area contributed by atoms with E-state index in [4.69, 9.17) is 4.18 Å². The van der Waals surface area contributed by atoms with Gasteiger partial charge in [0.25, 0.3) is 10.1 Å². The van der Waals surface area contributed by atoms with Gasteiger partial charge in [-0.15, -0.1) is 0 Å². The largest absolute Gasteiger partial charge is 0.267 e. The Balaban J connectivity index is 1.52. The molecule has 138 valence electrons. The molecule has 1 aliphatic carbocycles. The van der Waals surface area contributed by atoms with E-state index in [9.17, 15) is 8.42 Å². The van der Waals surface area contributed by atoms with Crippen molar-refractivity contribution in [2.24, 2.45) is 0 Å². The van der Waals surface area contributed by atoms with Crippen LogP contribution < -0.4 is 0 Å². The monoisotopic (exact) mass is 370 g/mol. The van der Waals surface area contributed by atoms with Crippen molar-refractivity contribution in [3.05, 3.63) is 65.2 Å². The fourth-order valence-corrected chi connectivity index (χ4v) is 4.28. The molecule has 1 atom stereocenters. The summed E-state index contributed by atoms with van der Waals surface area (Å²) in [6.07, 6.45) is 10.0. The quantitative estimate of drug-likeness (QED) is 0.404. The zero-order chi connectivity index (χ0) is 18.6. The van der Waals surface area contributed by atoms with Gasteiger partial charge in [-0.3, -0.25) is 4.18 Å². The van der Waals surface area contributed by atoms with E-state index < -0.39 is 10.1 Å². The molecule has 0 saturated carbocycles. The Hall–Kier alpha value is -1.91. The van der Waals surface area contributed by atoms with Gasteiger partial charge in [0.15, 0.2) is 0 Å². The third kappa shape index (κ3) is 4.83. The van der Waals surface area contributed by atoms with Crippen molar-refractivity contribution in [1.29, 1.82) is 0 Å². The first-order chi connectivity index (χ1) is 12.4. The van der Waals surface area contributed by atoms with Gasteiger partial charge in [0.05, 0.1) is 12.4 Å². The van der Waals surface area contributed by atoms with Crippen molar-refractivity contribution in [2.45, 2.75) is 45.1 Å². The average molecular weight is 371 g/mol. The molecule has 0 aliphatic heterocycles. The van der Waals surface area contributed by atoms with E-state index in [0.29, 0.717) is 0 Å². The minimum absolute atomic E-state index is 0.245. The van der Waals surface area contributed by atoms with Crippen LogP contribution >= 0.6 is 0 Å². The zero-order valence-corrected chi connectivity index (χ0v) is 16.3. The minimum atomic E-state index is -3.35. The van der Waals surface area contributed by atoms with E-state index in [0.717, 1.165) is 38.4 Å².